The number of rotatable bonds is 8. The van der Waals surface area contributed by atoms with E-state index in [-0.39, 0.29) is 12.3 Å². The molecule has 2 aliphatic rings. The van der Waals surface area contributed by atoms with E-state index in [4.69, 9.17) is 9.47 Å². The molecule has 0 aliphatic carbocycles. The summed E-state index contributed by atoms with van der Waals surface area (Å²) in [5, 5.41) is 5.52. The summed E-state index contributed by atoms with van der Waals surface area (Å²) in [7, 11) is 0. The van der Waals surface area contributed by atoms with E-state index >= 15 is 0 Å². The molecular formula is C23H30N4O6. The average molecular weight is 459 g/mol. The van der Waals surface area contributed by atoms with Gasteiger partial charge in [0.25, 0.3) is 5.91 Å². The minimum atomic E-state index is -0.988. The van der Waals surface area contributed by atoms with Gasteiger partial charge in [0.05, 0.1) is 12.0 Å². The highest BCUT2D eigenvalue weighted by molar-refractivity contribution is 6.00. The molecule has 10 nitrogen and oxygen atoms in total. The molecule has 0 radical (unpaired) electrons. The van der Waals surface area contributed by atoms with Gasteiger partial charge in [-0.15, -0.1) is 0 Å². The number of hydrogen-bond donors (Lipinski definition) is 2. The number of carbonyl (C=O) groups excluding carboxylic acids is 4. The smallest absolute Gasteiger partial charge is 0.310 e. The van der Waals surface area contributed by atoms with Crippen LogP contribution in [0.1, 0.15) is 49.2 Å². The van der Waals surface area contributed by atoms with E-state index in [1.807, 2.05) is 0 Å². The van der Waals surface area contributed by atoms with Crippen molar-refractivity contribution >= 4 is 23.7 Å². The lowest BCUT2D eigenvalue weighted by Gasteiger charge is -2.30. The third kappa shape index (κ3) is 5.57. The van der Waals surface area contributed by atoms with Gasteiger partial charge in [-0.2, -0.15) is 0 Å². The molecule has 10 heteroatoms. The van der Waals surface area contributed by atoms with Crippen LogP contribution in [0.5, 0.6) is 0 Å². The van der Waals surface area contributed by atoms with Gasteiger partial charge in [0.15, 0.2) is 0 Å². The lowest BCUT2D eigenvalue weighted by atomic mass is 10.1. The summed E-state index contributed by atoms with van der Waals surface area (Å²) in [6.07, 6.45) is 1.85. The van der Waals surface area contributed by atoms with Gasteiger partial charge in [-0.1, -0.05) is 6.58 Å². The van der Waals surface area contributed by atoms with Crippen LogP contribution in [0.3, 0.4) is 0 Å². The van der Waals surface area contributed by atoms with Crippen LogP contribution in [0.2, 0.25) is 0 Å². The van der Waals surface area contributed by atoms with Gasteiger partial charge in [0, 0.05) is 25.0 Å². The number of aromatic nitrogens is 1. The Balaban J connectivity index is 1.70. The standard InChI is InChI=1S/C23H30N4O6/c1-5-32-23-16(12-18(28)33-23)25-21(30)17-9-7-11-27(17)22(31)19(13(2)3)26-20(29)15-8-6-10-24-14(15)4/h6,8,10,16-17,19,23H,2,5,7,9,11-12H2,1,3-4H3,(H,25,30)(H,26,29)/t16-,17-,19-,23+/m0/s1. The summed E-state index contributed by atoms with van der Waals surface area (Å²) in [5.41, 5.74) is 1.35. The molecule has 1 aromatic rings. The zero-order chi connectivity index (χ0) is 24.1. The predicted molar refractivity (Wildman–Crippen MR) is 118 cm³/mol. The molecule has 3 rings (SSSR count). The fourth-order valence-electron chi connectivity index (χ4n) is 4.05. The minimum Gasteiger partial charge on any atom is -0.433 e. The van der Waals surface area contributed by atoms with E-state index < -0.39 is 42.2 Å². The van der Waals surface area contributed by atoms with E-state index in [1.165, 1.54) is 4.90 Å². The third-order valence-corrected chi connectivity index (χ3v) is 5.73. The Kier molecular flexibility index (Phi) is 7.80. The molecule has 0 unspecified atom stereocenters. The van der Waals surface area contributed by atoms with Crippen molar-refractivity contribution in [1.29, 1.82) is 0 Å². The number of amides is 3. The number of ether oxygens (including phenoxy) is 2. The van der Waals surface area contributed by atoms with E-state index in [1.54, 1.807) is 39.1 Å². The second-order valence-electron chi connectivity index (χ2n) is 8.21. The van der Waals surface area contributed by atoms with Crippen LogP contribution in [0.4, 0.5) is 0 Å². The Hall–Kier alpha value is -3.27. The molecule has 0 saturated carbocycles. The van der Waals surface area contributed by atoms with Gasteiger partial charge >= 0.3 is 5.97 Å². The van der Waals surface area contributed by atoms with E-state index in [2.05, 4.69) is 22.2 Å². The van der Waals surface area contributed by atoms with Crippen molar-refractivity contribution in [3.8, 4) is 0 Å². The maximum Gasteiger partial charge on any atom is 0.310 e. The Morgan fingerprint density at radius 3 is 2.82 bits per heavy atom. The number of hydrogen-bond acceptors (Lipinski definition) is 7. The number of carbonyl (C=O) groups is 4. The first-order chi connectivity index (χ1) is 15.7. The molecule has 4 atom stereocenters. The number of cyclic esters (lactones) is 1. The Labute approximate surface area is 192 Å². The fourth-order valence-corrected chi connectivity index (χ4v) is 4.05. The quantitative estimate of drug-likeness (QED) is 0.437. The van der Waals surface area contributed by atoms with Gasteiger partial charge in [-0.3, -0.25) is 24.2 Å². The molecule has 2 saturated heterocycles. The van der Waals surface area contributed by atoms with Crippen LogP contribution in [0.15, 0.2) is 30.5 Å². The monoisotopic (exact) mass is 458 g/mol. The van der Waals surface area contributed by atoms with Crippen LogP contribution in [-0.4, -0.2) is 71.1 Å². The molecule has 3 heterocycles. The minimum absolute atomic E-state index is 0.00594. The zero-order valence-corrected chi connectivity index (χ0v) is 19.1. The maximum absolute atomic E-state index is 13.4. The Morgan fingerprint density at radius 1 is 1.39 bits per heavy atom. The molecule has 33 heavy (non-hydrogen) atoms. The summed E-state index contributed by atoms with van der Waals surface area (Å²) in [5.74, 6) is -1.68. The number of aryl methyl sites for hydroxylation is 1. The second kappa shape index (κ2) is 10.6. The van der Waals surface area contributed by atoms with Crippen LogP contribution in [0.25, 0.3) is 0 Å². The van der Waals surface area contributed by atoms with Gasteiger partial charge in [0.2, 0.25) is 18.1 Å². The van der Waals surface area contributed by atoms with Crippen LogP contribution >= 0.6 is 0 Å². The molecule has 3 amide bonds. The van der Waals surface area contributed by atoms with Gasteiger partial charge in [-0.05, 0) is 51.3 Å². The highest BCUT2D eigenvalue weighted by atomic mass is 16.7. The van der Waals surface area contributed by atoms with E-state index in [0.29, 0.717) is 42.8 Å². The molecule has 0 spiro atoms. The highest BCUT2D eigenvalue weighted by Crippen LogP contribution is 2.22. The average Bonchev–Trinajstić information content (AvgIpc) is 3.38. The summed E-state index contributed by atoms with van der Waals surface area (Å²) < 4.78 is 10.5. The van der Waals surface area contributed by atoms with Crippen molar-refractivity contribution in [3.05, 3.63) is 41.7 Å². The van der Waals surface area contributed by atoms with Crippen molar-refractivity contribution < 1.29 is 28.7 Å². The van der Waals surface area contributed by atoms with Crippen molar-refractivity contribution in [1.82, 2.24) is 20.5 Å². The van der Waals surface area contributed by atoms with Crippen molar-refractivity contribution in [2.75, 3.05) is 13.2 Å². The number of nitrogens with one attached hydrogen (secondary N) is 2. The SMILES string of the molecule is C=C(C)[C@H](NC(=O)c1cccnc1C)C(=O)N1CCC[C@H]1C(=O)N[C@H]1CC(=O)O[C@H]1OCC. The van der Waals surface area contributed by atoms with Gasteiger partial charge in [0.1, 0.15) is 18.1 Å². The number of pyridine rings is 1. The predicted octanol–water partition coefficient (Wildman–Crippen LogP) is 0.850. The molecule has 2 aliphatic heterocycles. The summed E-state index contributed by atoms with van der Waals surface area (Å²) in [6, 6.07) is 0.941. The highest BCUT2D eigenvalue weighted by Gasteiger charge is 2.42. The van der Waals surface area contributed by atoms with E-state index in [0.717, 1.165) is 0 Å². The molecule has 0 bridgehead atoms. The van der Waals surface area contributed by atoms with Gasteiger partial charge in [-0.25, -0.2) is 0 Å². The summed E-state index contributed by atoms with van der Waals surface area (Å²) in [4.78, 5) is 56.4. The number of likely N-dealkylation sites (tertiary alicyclic amines) is 1. The number of nitrogens with zero attached hydrogens (tertiary/aromatic N) is 2. The summed E-state index contributed by atoms with van der Waals surface area (Å²) >= 11 is 0. The van der Waals surface area contributed by atoms with Gasteiger partial charge < -0.3 is 25.0 Å². The fraction of sp³-hybridized carbons (Fsp3) is 0.522. The molecule has 178 valence electrons. The molecule has 2 N–H and O–H groups in total. The lowest BCUT2D eigenvalue weighted by molar-refractivity contribution is -0.164. The molecular weight excluding hydrogens is 428 g/mol. The Bertz CT molecular complexity index is 949. The Morgan fingerprint density at radius 2 is 2.15 bits per heavy atom. The van der Waals surface area contributed by atoms with Crippen molar-refractivity contribution in [3.63, 3.8) is 0 Å². The number of esters is 1. The molecule has 2 fully saturated rings. The van der Waals surface area contributed by atoms with Crippen LogP contribution in [-0.2, 0) is 23.9 Å². The first kappa shape index (κ1) is 24.4. The second-order valence-corrected chi connectivity index (χ2v) is 8.21. The topological polar surface area (TPSA) is 127 Å². The van der Waals surface area contributed by atoms with Crippen molar-refractivity contribution in [2.45, 2.75) is 64.4 Å². The normalized spacial score (nSPS) is 23.1. The van der Waals surface area contributed by atoms with Crippen molar-refractivity contribution in [2.24, 2.45) is 0 Å². The maximum atomic E-state index is 13.4. The lowest BCUT2D eigenvalue weighted by Crippen LogP contribution is -2.55. The molecule has 1 aromatic heterocycles. The first-order valence-electron chi connectivity index (χ1n) is 11.0. The van der Waals surface area contributed by atoms with Crippen LogP contribution in [0, 0.1) is 6.92 Å². The first-order valence-corrected chi connectivity index (χ1v) is 11.0. The molecule has 0 aromatic carbocycles. The largest absolute Gasteiger partial charge is 0.433 e. The van der Waals surface area contributed by atoms with E-state index in [9.17, 15) is 19.2 Å². The van der Waals surface area contributed by atoms with Crippen LogP contribution < -0.4 is 10.6 Å². The third-order valence-electron chi connectivity index (χ3n) is 5.73. The summed E-state index contributed by atoms with van der Waals surface area (Å²) in [6.45, 7) is 9.69. The zero-order valence-electron chi connectivity index (χ0n) is 19.1.